The van der Waals surface area contributed by atoms with Gasteiger partial charge in [0.2, 0.25) is 0 Å². The predicted molar refractivity (Wildman–Crippen MR) is 77.7 cm³/mol. The molecule has 0 atom stereocenters. The van der Waals surface area contributed by atoms with E-state index in [1.807, 2.05) is 0 Å². The first-order valence-corrected chi connectivity index (χ1v) is 6.37. The van der Waals surface area contributed by atoms with Crippen LogP contribution in [0.25, 0.3) is 0 Å². The monoisotopic (exact) mass is 322 g/mol. The number of benzene rings is 2. The SMILES string of the molecule is CN(C(=O)c1ccc(Br)cc1N)c1ccccc1F. The number of para-hydroxylation sites is 1. The van der Waals surface area contributed by atoms with Crippen LogP contribution in [0.1, 0.15) is 10.4 Å². The van der Waals surface area contributed by atoms with Crippen molar-refractivity contribution in [1.82, 2.24) is 0 Å². The number of anilines is 2. The van der Waals surface area contributed by atoms with E-state index in [-0.39, 0.29) is 11.6 Å². The fourth-order valence-electron chi connectivity index (χ4n) is 1.74. The van der Waals surface area contributed by atoms with Crippen LogP contribution in [0.3, 0.4) is 0 Å². The van der Waals surface area contributed by atoms with Crippen molar-refractivity contribution in [3.8, 4) is 0 Å². The maximum Gasteiger partial charge on any atom is 0.260 e. The van der Waals surface area contributed by atoms with Crippen molar-refractivity contribution in [2.24, 2.45) is 0 Å². The lowest BCUT2D eigenvalue weighted by molar-refractivity contribution is 0.0993. The maximum absolute atomic E-state index is 13.6. The van der Waals surface area contributed by atoms with Gasteiger partial charge in [-0.05, 0) is 30.3 Å². The average molecular weight is 323 g/mol. The van der Waals surface area contributed by atoms with Gasteiger partial charge in [-0.15, -0.1) is 0 Å². The van der Waals surface area contributed by atoms with E-state index in [2.05, 4.69) is 15.9 Å². The number of nitrogens with zero attached hydrogens (tertiary/aromatic N) is 1. The van der Waals surface area contributed by atoms with E-state index in [1.54, 1.807) is 36.4 Å². The molecule has 0 aromatic heterocycles. The summed E-state index contributed by atoms with van der Waals surface area (Å²) in [6, 6.07) is 11.1. The Hall–Kier alpha value is -1.88. The zero-order chi connectivity index (χ0) is 14.0. The first-order valence-electron chi connectivity index (χ1n) is 5.58. The third kappa shape index (κ3) is 2.76. The Morgan fingerprint density at radius 1 is 1.26 bits per heavy atom. The van der Waals surface area contributed by atoms with Crippen LogP contribution in [0, 0.1) is 5.82 Å². The number of hydrogen-bond donors (Lipinski definition) is 1. The fraction of sp³-hybridized carbons (Fsp3) is 0.0714. The molecule has 0 radical (unpaired) electrons. The molecule has 5 heteroatoms. The maximum atomic E-state index is 13.6. The number of carbonyl (C=O) groups is 1. The van der Waals surface area contributed by atoms with Crippen molar-refractivity contribution in [1.29, 1.82) is 0 Å². The van der Waals surface area contributed by atoms with E-state index >= 15 is 0 Å². The minimum atomic E-state index is -0.450. The van der Waals surface area contributed by atoms with Gasteiger partial charge in [0.05, 0.1) is 11.3 Å². The molecule has 0 bridgehead atoms. The summed E-state index contributed by atoms with van der Waals surface area (Å²) in [5.74, 6) is -0.802. The van der Waals surface area contributed by atoms with Crippen LogP contribution in [0.4, 0.5) is 15.8 Å². The zero-order valence-electron chi connectivity index (χ0n) is 10.2. The third-order valence-electron chi connectivity index (χ3n) is 2.76. The second-order valence-electron chi connectivity index (χ2n) is 4.05. The quantitative estimate of drug-likeness (QED) is 0.861. The highest BCUT2D eigenvalue weighted by Crippen LogP contribution is 2.23. The highest BCUT2D eigenvalue weighted by atomic mass is 79.9. The van der Waals surface area contributed by atoms with Gasteiger partial charge in [-0.3, -0.25) is 4.79 Å². The normalized spacial score (nSPS) is 10.3. The van der Waals surface area contributed by atoms with Crippen molar-refractivity contribution in [3.63, 3.8) is 0 Å². The molecule has 3 nitrogen and oxygen atoms in total. The Morgan fingerprint density at radius 2 is 1.95 bits per heavy atom. The molecule has 0 spiro atoms. The zero-order valence-corrected chi connectivity index (χ0v) is 11.8. The molecule has 19 heavy (non-hydrogen) atoms. The smallest absolute Gasteiger partial charge is 0.260 e. The number of nitrogen functional groups attached to an aromatic ring is 1. The summed E-state index contributed by atoms with van der Waals surface area (Å²) in [6.07, 6.45) is 0. The average Bonchev–Trinajstić information content (AvgIpc) is 2.38. The van der Waals surface area contributed by atoms with Gasteiger partial charge in [-0.25, -0.2) is 4.39 Å². The van der Waals surface area contributed by atoms with E-state index in [0.717, 1.165) is 4.47 Å². The largest absolute Gasteiger partial charge is 0.398 e. The molecular weight excluding hydrogens is 311 g/mol. The Kier molecular flexibility index (Phi) is 3.85. The van der Waals surface area contributed by atoms with E-state index in [4.69, 9.17) is 5.73 Å². The standard InChI is InChI=1S/C14H12BrFN2O/c1-18(13-5-3-2-4-11(13)16)14(19)10-7-6-9(15)8-12(10)17/h2-8H,17H2,1H3. The molecule has 0 aliphatic carbocycles. The van der Waals surface area contributed by atoms with Crippen molar-refractivity contribution in [2.75, 3.05) is 17.7 Å². The fourth-order valence-corrected chi connectivity index (χ4v) is 2.12. The van der Waals surface area contributed by atoms with Crippen molar-refractivity contribution in [3.05, 3.63) is 58.3 Å². The van der Waals surface area contributed by atoms with Crippen LogP contribution in [0.2, 0.25) is 0 Å². The van der Waals surface area contributed by atoms with Gasteiger partial charge in [0, 0.05) is 17.2 Å². The van der Waals surface area contributed by atoms with E-state index in [0.29, 0.717) is 11.3 Å². The molecule has 98 valence electrons. The van der Waals surface area contributed by atoms with E-state index < -0.39 is 5.82 Å². The number of nitrogens with two attached hydrogens (primary N) is 1. The first kappa shape index (κ1) is 13.5. The molecule has 0 unspecified atom stereocenters. The molecule has 0 saturated heterocycles. The van der Waals surface area contributed by atoms with Crippen LogP contribution in [-0.4, -0.2) is 13.0 Å². The number of hydrogen-bond acceptors (Lipinski definition) is 2. The van der Waals surface area contributed by atoms with E-state index in [1.165, 1.54) is 18.0 Å². The van der Waals surface area contributed by atoms with Crippen LogP contribution in [0.5, 0.6) is 0 Å². The lowest BCUT2D eigenvalue weighted by Crippen LogP contribution is -2.27. The molecule has 2 rings (SSSR count). The summed E-state index contributed by atoms with van der Waals surface area (Å²) >= 11 is 3.27. The Labute approximate surface area is 119 Å². The van der Waals surface area contributed by atoms with Gasteiger partial charge in [-0.1, -0.05) is 28.1 Å². The summed E-state index contributed by atoms with van der Waals surface area (Å²) in [4.78, 5) is 13.5. The topological polar surface area (TPSA) is 46.3 Å². The Bertz CT molecular complexity index is 631. The second-order valence-corrected chi connectivity index (χ2v) is 4.96. The molecule has 1 amide bonds. The minimum Gasteiger partial charge on any atom is -0.398 e. The van der Waals surface area contributed by atoms with Gasteiger partial charge in [0.1, 0.15) is 5.82 Å². The molecule has 0 saturated carbocycles. The number of halogens is 2. The molecule has 2 aromatic carbocycles. The molecule has 2 aromatic rings. The van der Waals surface area contributed by atoms with Gasteiger partial charge >= 0.3 is 0 Å². The molecular formula is C14H12BrFN2O. The van der Waals surface area contributed by atoms with Gasteiger partial charge in [-0.2, -0.15) is 0 Å². The molecule has 0 heterocycles. The summed E-state index contributed by atoms with van der Waals surface area (Å²) in [5, 5.41) is 0. The highest BCUT2D eigenvalue weighted by molar-refractivity contribution is 9.10. The summed E-state index contributed by atoms with van der Waals surface area (Å²) in [7, 11) is 1.52. The lowest BCUT2D eigenvalue weighted by atomic mass is 10.1. The molecule has 2 N–H and O–H groups in total. The summed E-state index contributed by atoms with van der Waals surface area (Å²) in [5.41, 5.74) is 6.71. The molecule has 0 aliphatic heterocycles. The lowest BCUT2D eigenvalue weighted by Gasteiger charge is -2.19. The number of carbonyl (C=O) groups excluding carboxylic acids is 1. The summed E-state index contributed by atoms with van der Waals surface area (Å²) in [6.45, 7) is 0. The predicted octanol–water partition coefficient (Wildman–Crippen LogP) is 3.45. The van der Waals surface area contributed by atoms with Crippen molar-refractivity contribution in [2.45, 2.75) is 0 Å². The van der Waals surface area contributed by atoms with Crippen LogP contribution >= 0.6 is 15.9 Å². The minimum absolute atomic E-state index is 0.217. The van der Waals surface area contributed by atoms with Crippen LogP contribution < -0.4 is 10.6 Å². The van der Waals surface area contributed by atoms with Crippen molar-refractivity contribution < 1.29 is 9.18 Å². The van der Waals surface area contributed by atoms with Crippen molar-refractivity contribution >= 4 is 33.2 Å². The Balaban J connectivity index is 2.37. The second kappa shape index (κ2) is 5.40. The van der Waals surface area contributed by atoms with Crippen LogP contribution in [-0.2, 0) is 0 Å². The highest BCUT2D eigenvalue weighted by Gasteiger charge is 2.18. The number of rotatable bonds is 2. The number of amides is 1. The Morgan fingerprint density at radius 3 is 2.58 bits per heavy atom. The van der Waals surface area contributed by atoms with E-state index in [9.17, 15) is 9.18 Å². The van der Waals surface area contributed by atoms with Crippen LogP contribution in [0.15, 0.2) is 46.9 Å². The first-order chi connectivity index (χ1) is 9.00. The molecule has 0 aliphatic rings. The molecule has 0 fully saturated rings. The van der Waals surface area contributed by atoms with Gasteiger partial charge < -0.3 is 10.6 Å². The van der Waals surface area contributed by atoms with Gasteiger partial charge in [0.25, 0.3) is 5.91 Å². The van der Waals surface area contributed by atoms with Gasteiger partial charge in [0.15, 0.2) is 0 Å². The summed E-state index contributed by atoms with van der Waals surface area (Å²) < 4.78 is 14.4. The third-order valence-corrected chi connectivity index (χ3v) is 3.26.